The van der Waals surface area contributed by atoms with Crippen molar-refractivity contribution in [3.05, 3.63) is 65.3 Å². The molecule has 9 heteroatoms. The highest BCUT2D eigenvalue weighted by atomic mass is 35.5. The molecule has 2 amide bonds. The lowest BCUT2D eigenvalue weighted by molar-refractivity contribution is 0.0994. The fraction of sp³-hybridized carbons (Fsp3) is 0.0588. The average Bonchev–Trinajstić information content (AvgIpc) is 3.17. The van der Waals surface area contributed by atoms with E-state index in [2.05, 4.69) is 20.6 Å². The number of rotatable bonds is 5. The predicted molar refractivity (Wildman–Crippen MR) is 99.9 cm³/mol. The second kappa shape index (κ2) is 8.03. The molecule has 1 aromatic carbocycles. The summed E-state index contributed by atoms with van der Waals surface area (Å²) in [5.41, 5.74) is 1.06. The number of anilines is 2. The molecule has 3 rings (SSSR count). The molecule has 0 saturated carbocycles. The number of nitrogens with one attached hydrogen (secondary N) is 2. The lowest BCUT2D eigenvalue weighted by Gasteiger charge is -2.09. The van der Waals surface area contributed by atoms with Crippen LogP contribution in [-0.2, 0) is 0 Å². The summed E-state index contributed by atoms with van der Waals surface area (Å²) < 4.78 is 5.04. The van der Waals surface area contributed by atoms with Gasteiger partial charge < -0.3 is 15.1 Å². The van der Waals surface area contributed by atoms with Crippen molar-refractivity contribution in [1.29, 1.82) is 0 Å². The van der Waals surface area contributed by atoms with Crippen molar-refractivity contribution in [2.75, 3.05) is 16.9 Å². The van der Waals surface area contributed by atoms with Crippen LogP contribution in [0.3, 0.4) is 0 Å². The van der Waals surface area contributed by atoms with Gasteiger partial charge >= 0.3 is 0 Å². The molecule has 0 unspecified atom stereocenters. The van der Waals surface area contributed by atoms with E-state index in [0.29, 0.717) is 16.5 Å². The Kier molecular flexibility index (Phi) is 5.55. The Balaban J connectivity index is 1.74. The van der Waals surface area contributed by atoms with E-state index in [4.69, 9.17) is 16.0 Å². The predicted octanol–water partition coefficient (Wildman–Crippen LogP) is 3.95. The zero-order valence-electron chi connectivity index (χ0n) is 13.5. The Morgan fingerprint density at radius 1 is 1.12 bits per heavy atom. The number of carbonyl (C=O) groups excluding carboxylic acids is 2. The van der Waals surface area contributed by atoms with Gasteiger partial charge in [0.05, 0.1) is 17.5 Å². The van der Waals surface area contributed by atoms with Gasteiger partial charge in [-0.15, -0.1) is 0 Å². The Morgan fingerprint density at radius 2 is 1.85 bits per heavy atom. The molecule has 0 spiro atoms. The van der Waals surface area contributed by atoms with Gasteiger partial charge in [-0.25, -0.2) is 9.97 Å². The lowest BCUT2D eigenvalue weighted by atomic mass is 10.2. The average molecular weight is 389 g/mol. The molecule has 0 atom stereocenters. The molecule has 0 aliphatic rings. The van der Waals surface area contributed by atoms with E-state index in [0.717, 1.165) is 0 Å². The summed E-state index contributed by atoms with van der Waals surface area (Å²) in [6.07, 6.45) is 4.60. The maximum absolute atomic E-state index is 12.4. The van der Waals surface area contributed by atoms with Crippen molar-refractivity contribution in [3.63, 3.8) is 0 Å². The minimum absolute atomic E-state index is 0.0797. The summed E-state index contributed by atoms with van der Waals surface area (Å²) in [6, 6.07) is 9.87. The van der Waals surface area contributed by atoms with Gasteiger partial charge in [0, 0.05) is 11.4 Å². The quantitative estimate of drug-likeness (QED) is 0.507. The van der Waals surface area contributed by atoms with Gasteiger partial charge in [-0.1, -0.05) is 29.4 Å². The maximum atomic E-state index is 12.4. The smallest absolute Gasteiger partial charge is 0.291 e. The number of carbonyl (C=O) groups is 2. The minimum Gasteiger partial charge on any atom is -0.459 e. The summed E-state index contributed by atoms with van der Waals surface area (Å²) in [6.45, 7) is 0. The number of thioether (sulfide) groups is 1. The van der Waals surface area contributed by atoms with E-state index in [1.54, 1.807) is 42.7 Å². The zero-order valence-corrected chi connectivity index (χ0v) is 15.1. The molecule has 0 aliphatic carbocycles. The van der Waals surface area contributed by atoms with Gasteiger partial charge in [-0.05, 0) is 36.6 Å². The highest BCUT2D eigenvalue weighted by molar-refractivity contribution is 7.98. The first-order valence-electron chi connectivity index (χ1n) is 7.39. The molecule has 2 heterocycles. The van der Waals surface area contributed by atoms with Crippen molar-refractivity contribution in [2.45, 2.75) is 5.16 Å². The Labute approximate surface area is 158 Å². The lowest BCUT2D eigenvalue weighted by Crippen LogP contribution is -2.16. The van der Waals surface area contributed by atoms with Gasteiger partial charge in [0.1, 0.15) is 0 Å². The van der Waals surface area contributed by atoms with E-state index >= 15 is 0 Å². The van der Waals surface area contributed by atoms with E-state index in [1.165, 1.54) is 24.2 Å². The van der Waals surface area contributed by atoms with Gasteiger partial charge in [-0.2, -0.15) is 0 Å². The number of hydrogen-bond donors (Lipinski definition) is 2. The van der Waals surface area contributed by atoms with Crippen molar-refractivity contribution < 1.29 is 14.0 Å². The first kappa shape index (κ1) is 18.0. The molecule has 0 bridgehead atoms. The van der Waals surface area contributed by atoms with Crippen LogP contribution in [0, 0.1) is 0 Å². The number of furan rings is 1. The third-order valence-corrected chi connectivity index (χ3v) is 4.08. The summed E-state index contributed by atoms with van der Waals surface area (Å²) in [4.78, 5) is 32.6. The van der Waals surface area contributed by atoms with Crippen LogP contribution in [0.4, 0.5) is 11.4 Å². The second-order valence-electron chi connectivity index (χ2n) is 5.02. The Hall–Kier alpha value is -2.84. The first-order valence-corrected chi connectivity index (χ1v) is 9.00. The molecule has 0 saturated heterocycles. The molecule has 0 aliphatic heterocycles. The molecule has 3 aromatic rings. The van der Waals surface area contributed by atoms with Gasteiger partial charge in [0.15, 0.2) is 16.6 Å². The highest BCUT2D eigenvalue weighted by Crippen LogP contribution is 2.20. The maximum Gasteiger partial charge on any atom is 0.291 e. The Morgan fingerprint density at radius 3 is 2.50 bits per heavy atom. The SMILES string of the molecule is CSc1ncc(Cl)c(C(=O)Nc2cccc(NC(=O)c3ccco3)c2)n1. The van der Waals surface area contributed by atoms with Crippen molar-refractivity contribution in [3.8, 4) is 0 Å². The van der Waals surface area contributed by atoms with Crippen LogP contribution in [0.2, 0.25) is 5.02 Å². The topological polar surface area (TPSA) is 97.1 Å². The minimum atomic E-state index is -0.470. The summed E-state index contributed by atoms with van der Waals surface area (Å²) in [5.74, 6) is -0.666. The number of nitrogens with zero attached hydrogens (tertiary/aromatic N) is 2. The molecule has 0 radical (unpaired) electrons. The van der Waals surface area contributed by atoms with E-state index in [1.807, 2.05) is 0 Å². The molecular weight excluding hydrogens is 376 g/mol. The summed E-state index contributed by atoms with van der Waals surface area (Å²) >= 11 is 7.32. The largest absolute Gasteiger partial charge is 0.459 e. The number of hydrogen-bond acceptors (Lipinski definition) is 6. The van der Waals surface area contributed by atoms with Gasteiger partial charge in [0.25, 0.3) is 11.8 Å². The zero-order chi connectivity index (χ0) is 18.5. The second-order valence-corrected chi connectivity index (χ2v) is 6.20. The fourth-order valence-corrected chi connectivity index (χ4v) is 2.59. The van der Waals surface area contributed by atoms with E-state index in [-0.39, 0.29) is 22.4 Å². The normalized spacial score (nSPS) is 10.4. The molecule has 7 nitrogen and oxygen atoms in total. The molecule has 0 fully saturated rings. The van der Waals surface area contributed by atoms with E-state index < -0.39 is 5.91 Å². The fourth-order valence-electron chi connectivity index (χ4n) is 2.07. The van der Waals surface area contributed by atoms with Crippen LogP contribution in [0.15, 0.2) is 58.4 Å². The van der Waals surface area contributed by atoms with Crippen LogP contribution in [0.1, 0.15) is 21.0 Å². The monoisotopic (exact) mass is 388 g/mol. The van der Waals surface area contributed by atoms with Crippen molar-refractivity contribution in [1.82, 2.24) is 9.97 Å². The molecule has 2 N–H and O–H groups in total. The van der Waals surface area contributed by atoms with Crippen LogP contribution < -0.4 is 10.6 Å². The van der Waals surface area contributed by atoms with Crippen LogP contribution in [-0.4, -0.2) is 28.0 Å². The van der Waals surface area contributed by atoms with Crippen molar-refractivity contribution in [2.24, 2.45) is 0 Å². The third kappa shape index (κ3) is 4.22. The number of amides is 2. The number of halogens is 1. The third-order valence-electron chi connectivity index (χ3n) is 3.24. The summed E-state index contributed by atoms with van der Waals surface area (Å²) in [7, 11) is 0. The van der Waals surface area contributed by atoms with Crippen LogP contribution in [0.5, 0.6) is 0 Å². The first-order chi connectivity index (χ1) is 12.6. The molecule has 132 valence electrons. The highest BCUT2D eigenvalue weighted by Gasteiger charge is 2.15. The molecular formula is C17H13ClN4O3S. The number of aromatic nitrogens is 2. The molecule has 26 heavy (non-hydrogen) atoms. The van der Waals surface area contributed by atoms with E-state index in [9.17, 15) is 9.59 Å². The number of benzene rings is 1. The van der Waals surface area contributed by atoms with Crippen LogP contribution in [0.25, 0.3) is 0 Å². The van der Waals surface area contributed by atoms with Crippen molar-refractivity contribution >= 4 is 46.6 Å². The standard InChI is InChI=1S/C17H13ClN4O3S/c1-26-17-19-9-12(18)14(22-17)16(24)21-11-5-2-4-10(8-11)20-15(23)13-6-3-7-25-13/h2-9H,1H3,(H,20,23)(H,21,24). The summed E-state index contributed by atoms with van der Waals surface area (Å²) in [5, 5.41) is 5.99. The van der Waals surface area contributed by atoms with Crippen LogP contribution >= 0.6 is 23.4 Å². The van der Waals surface area contributed by atoms with Gasteiger partial charge in [-0.3, -0.25) is 9.59 Å². The molecule has 2 aromatic heterocycles. The Bertz CT molecular complexity index is 947. The van der Waals surface area contributed by atoms with Gasteiger partial charge in [0.2, 0.25) is 0 Å².